The van der Waals surface area contributed by atoms with Crippen LogP contribution in [-0.4, -0.2) is 14.5 Å². The molecule has 0 radical (unpaired) electrons. The van der Waals surface area contributed by atoms with Gasteiger partial charge in [-0.15, -0.1) is 11.3 Å². The average molecular weight is 594 g/mol. The third-order valence-corrected chi connectivity index (χ3v) is 10.1. The summed E-state index contributed by atoms with van der Waals surface area (Å²) in [4.78, 5) is 10.2. The Balaban J connectivity index is 1.33. The highest BCUT2D eigenvalue weighted by molar-refractivity contribution is 7.27. The lowest BCUT2D eigenvalue weighted by Gasteiger charge is -2.08. The molecule has 0 amide bonds. The van der Waals surface area contributed by atoms with Crippen LogP contribution >= 0.6 is 11.3 Å². The van der Waals surface area contributed by atoms with Crippen molar-refractivity contribution < 1.29 is 4.42 Å². The summed E-state index contributed by atoms with van der Waals surface area (Å²) in [5, 5.41) is 6.99. The predicted molar refractivity (Wildman–Crippen MR) is 187 cm³/mol. The molecule has 0 fully saturated rings. The van der Waals surface area contributed by atoms with Gasteiger partial charge in [0.05, 0.1) is 22.1 Å². The zero-order valence-corrected chi connectivity index (χ0v) is 24.8. The number of nitrogens with zero attached hydrogens (tertiary/aromatic N) is 3. The van der Waals surface area contributed by atoms with Crippen LogP contribution in [0.3, 0.4) is 0 Å². The molecule has 210 valence electrons. The van der Waals surface area contributed by atoms with Gasteiger partial charge in [-0.2, -0.15) is 4.98 Å². The Hall–Kier alpha value is -5.78. The standard InChI is InChI=1S/C40H23N3OS/c1-3-12-24(13-4-1)39-41-36(35-29-17-8-10-21-33(29)44-40(35)42-39)30-19-11-18-26-27-22-23-32-34(38(27)45-37(26)30)28-16-7-9-20-31(28)43(32)25-14-5-2-6-15-25/h1-23H. The van der Waals surface area contributed by atoms with Crippen LogP contribution in [0.25, 0.3) is 92.4 Å². The Morgan fingerprint density at radius 3 is 2.09 bits per heavy atom. The molecule has 0 bridgehead atoms. The van der Waals surface area contributed by atoms with Gasteiger partial charge in [0.25, 0.3) is 0 Å². The molecule has 0 spiro atoms. The minimum absolute atomic E-state index is 0.603. The van der Waals surface area contributed by atoms with Crippen molar-refractivity contribution in [3.63, 3.8) is 0 Å². The third-order valence-electron chi connectivity index (χ3n) is 8.84. The summed E-state index contributed by atoms with van der Waals surface area (Å²) in [6, 6.07) is 48.8. The lowest BCUT2D eigenvalue weighted by atomic mass is 10.0. The van der Waals surface area contributed by atoms with Gasteiger partial charge >= 0.3 is 0 Å². The summed E-state index contributed by atoms with van der Waals surface area (Å²) in [6.45, 7) is 0. The highest BCUT2D eigenvalue weighted by Crippen LogP contribution is 2.47. The van der Waals surface area contributed by atoms with Gasteiger partial charge in [0.15, 0.2) is 5.82 Å². The lowest BCUT2D eigenvalue weighted by molar-refractivity contribution is 0.653. The quantitative estimate of drug-likeness (QED) is 0.205. The van der Waals surface area contributed by atoms with Crippen LogP contribution in [0, 0.1) is 0 Å². The second-order valence-electron chi connectivity index (χ2n) is 11.3. The molecule has 6 aromatic carbocycles. The number of hydrogen-bond acceptors (Lipinski definition) is 4. The van der Waals surface area contributed by atoms with E-state index < -0.39 is 0 Å². The Labute approximate surface area is 261 Å². The zero-order valence-electron chi connectivity index (χ0n) is 23.9. The Morgan fingerprint density at radius 2 is 1.22 bits per heavy atom. The number of para-hydroxylation sites is 3. The Morgan fingerprint density at radius 1 is 0.511 bits per heavy atom. The van der Waals surface area contributed by atoms with E-state index in [9.17, 15) is 0 Å². The van der Waals surface area contributed by atoms with Gasteiger partial charge < -0.3 is 8.98 Å². The van der Waals surface area contributed by atoms with Crippen LogP contribution in [0.15, 0.2) is 144 Å². The second-order valence-corrected chi connectivity index (χ2v) is 12.4. The first-order valence-electron chi connectivity index (χ1n) is 15.0. The van der Waals surface area contributed by atoms with Gasteiger partial charge in [0, 0.05) is 53.1 Å². The molecule has 0 aliphatic heterocycles. The molecule has 0 aliphatic rings. The minimum Gasteiger partial charge on any atom is -0.438 e. The molecule has 5 heteroatoms. The van der Waals surface area contributed by atoms with Gasteiger partial charge in [0.1, 0.15) is 5.58 Å². The SMILES string of the molecule is c1ccc(-c2nc(-c3cccc4c3sc3c4ccc4c3c3ccccc3n4-c3ccccc3)c3c(n2)oc2ccccc23)cc1. The Bertz CT molecular complexity index is 2760. The van der Waals surface area contributed by atoms with Crippen molar-refractivity contribution in [1.29, 1.82) is 0 Å². The van der Waals surface area contributed by atoms with E-state index in [-0.39, 0.29) is 0 Å². The maximum Gasteiger partial charge on any atom is 0.231 e. The summed E-state index contributed by atoms with van der Waals surface area (Å²) >= 11 is 1.85. The maximum absolute atomic E-state index is 6.35. The summed E-state index contributed by atoms with van der Waals surface area (Å²) in [5.41, 5.74) is 7.93. The summed E-state index contributed by atoms with van der Waals surface area (Å²) in [6.07, 6.45) is 0. The molecule has 4 aromatic heterocycles. The van der Waals surface area contributed by atoms with Crippen molar-refractivity contribution in [2.24, 2.45) is 0 Å². The number of thiophene rings is 1. The topological polar surface area (TPSA) is 43.9 Å². The smallest absolute Gasteiger partial charge is 0.231 e. The van der Waals surface area contributed by atoms with Crippen molar-refractivity contribution in [2.45, 2.75) is 0 Å². The second kappa shape index (κ2) is 9.36. The van der Waals surface area contributed by atoms with E-state index >= 15 is 0 Å². The van der Waals surface area contributed by atoms with Gasteiger partial charge in [-0.1, -0.05) is 109 Å². The van der Waals surface area contributed by atoms with Gasteiger partial charge in [0.2, 0.25) is 5.71 Å². The largest absolute Gasteiger partial charge is 0.438 e. The summed E-state index contributed by atoms with van der Waals surface area (Å²) in [5.74, 6) is 0.656. The van der Waals surface area contributed by atoms with Crippen LogP contribution in [0.2, 0.25) is 0 Å². The van der Waals surface area contributed by atoms with Crippen LogP contribution < -0.4 is 0 Å². The number of benzene rings is 6. The molecular weight excluding hydrogens is 571 g/mol. The monoisotopic (exact) mass is 593 g/mol. The first kappa shape index (κ1) is 24.6. The van der Waals surface area contributed by atoms with E-state index in [0.29, 0.717) is 11.5 Å². The molecule has 0 saturated carbocycles. The third kappa shape index (κ3) is 3.53. The molecule has 0 unspecified atom stereocenters. The number of hydrogen-bond donors (Lipinski definition) is 0. The van der Waals surface area contributed by atoms with Gasteiger partial charge in [-0.05, 0) is 30.3 Å². The van der Waals surface area contributed by atoms with E-state index in [2.05, 4.69) is 95.6 Å². The molecule has 45 heavy (non-hydrogen) atoms. The van der Waals surface area contributed by atoms with Crippen molar-refractivity contribution >= 4 is 75.4 Å². The molecule has 0 saturated heterocycles. The lowest BCUT2D eigenvalue weighted by Crippen LogP contribution is -1.93. The van der Waals surface area contributed by atoms with Crippen LogP contribution in [0.5, 0.6) is 0 Å². The van der Waals surface area contributed by atoms with E-state index in [1.165, 1.54) is 42.0 Å². The number of furan rings is 1. The van der Waals surface area contributed by atoms with Crippen molar-refractivity contribution in [2.75, 3.05) is 0 Å². The molecule has 4 heterocycles. The minimum atomic E-state index is 0.603. The van der Waals surface area contributed by atoms with Crippen molar-refractivity contribution in [3.8, 4) is 28.3 Å². The molecule has 0 aliphatic carbocycles. The predicted octanol–water partition coefficient (Wildman–Crippen LogP) is 11.2. The van der Waals surface area contributed by atoms with Crippen LogP contribution in [-0.2, 0) is 0 Å². The number of rotatable bonds is 3. The fraction of sp³-hybridized carbons (Fsp3) is 0. The van der Waals surface area contributed by atoms with Gasteiger partial charge in [-0.3, -0.25) is 0 Å². The number of aromatic nitrogens is 3. The fourth-order valence-electron chi connectivity index (χ4n) is 6.88. The molecule has 10 rings (SSSR count). The van der Waals surface area contributed by atoms with Crippen molar-refractivity contribution in [1.82, 2.24) is 14.5 Å². The molecule has 0 N–H and O–H groups in total. The van der Waals surface area contributed by atoms with Crippen molar-refractivity contribution in [3.05, 3.63) is 140 Å². The maximum atomic E-state index is 6.35. The Kier molecular flexibility index (Phi) is 5.12. The highest BCUT2D eigenvalue weighted by Gasteiger charge is 2.22. The average Bonchev–Trinajstić information content (AvgIpc) is 3.78. The van der Waals surface area contributed by atoms with E-state index in [1.54, 1.807) is 0 Å². The summed E-state index contributed by atoms with van der Waals surface area (Å²) < 4.78 is 11.2. The van der Waals surface area contributed by atoms with E-state index in [1.807, 2.05) is 59.9 Å². The molecule has 4 nitrogen and oxygen atoms in total. The normalized spacial score (nSPS) is 12.0. The highest BCUT2D eigenvalue weighted by atomic mass is 32.1. The summed E-state index contributed by atoms with van der Waals surface area (Å²) in [7, 11) is 0. The molecule has 10 aromatic rings. The van der Waals surface area contributed by atoms with E-state index in [4.69, 9.17) is 14.4 Å². The van der Waals surface area contributed by atoms with Crippen LogP contribution in [0.1, 0.15) is 0 Å². The van der Waals surface area contributed by atoms with E-state index in [0.717, 1.165) is 38.9 Å². The van der Waals surface area contributed by atoms with Crippen LogP contribution in [0.4, 0.5) is 0 Å². The fourth-order valence-corrected chi connectivity index (χ4v) is 8.26. The van der Waals surface area contributed by atoms with Gasteiger partial charge in [-0.25, -0.2) is 4.98 Å². The molecular formula is C40H23N3OS. The molecule has 0 atom stereocenters. The number of fused-ring (bicyclic) bond motifs is 10. The first-order valence-corrected chi connectivity index (χ1v) is 15.8. The first-order chi connectivity index (χ1) is 22.3. The zero-order chi connectivity index (χ0) is 29.5.